The Hall–Kier alpha value is -2.37. The van der Waals surface area contributed by atoms with Crippen LogP contribution in [0.1, 0.15) is 16.8 Å². The lowest BCUT2D eigenvalue weighted by atomic mass is 9.94. The van der Waals surface area contributed by atoms with E-state index in [-0.39, 0.29) is 6.42 Å². The van der Waals surface area contributed by atoms with E-state index in [2.05, 4.69) is 9.78 Å². The highest BCUT2D eigenvalue weighted by atomic mass is 17.2. The molecule has 1 aliphatic rings. The first-order valence-electron chi connectivity index (χ1n) is 5.21. The van der Waals surface area contributed by atoms with Crippen molar-refractivity contribution in [3.05, 3.63) is 29.8 Å². The topological polar surface area (TPSA) is 78.9 Å². The Labute approximate surface area is 102 Å². The molecule has 0 bridgehead atoms. The lowest BCUT2D eigenvalue weighted by molar-refractivity contribution is -0.271. The average Bonchev–Trinajstić information content (AvgIpc) is 2.41. The summed E-state index contributed by atoms with van der Waals surface area (Å²) in [7, 11) is 1.51. The van der Waals surface area contributed by atoms with E-state index in [1.54, 1.807) is 12.1 Å². The fourth-order valence-corrected chi connectivity index (χ4v) is 1.59. The molecule has 2 rings (SSSR count). The van der Waals surface area contributed by atoms with Gasteiger partial charge in [0.1, 0.15) is 11.7 Å². The predicted molar refractivity (Wildman–Crippen MR) is 57.6 cm³/mol. The van der Waals surface area contributed by atoms with Gasteiger partial charge in [0.25, 0.3) is 0 Å². The number of carbonyl (C=O) groups is 3. The highest BCUT2D eigenvalue weighted by molar-refractivity contribution is 6.10. The summed E-state index contributed by atoms with van der Waals surface area (Å²) in [6, 6.07) is 6.24. The summed E-state index contributed by atoms with van der Waals surface area (Å²) < 4.78 is 4.96. The summed E-state index contributed by atoms with van der Waals surface area (Å²) in [6.07, 6.45) is -0.302. The molecule has 1 atom stereocenters. The van der Waals surface area contributed by atoms with Gasteiger partial charge in [0, 0.05) is 5.56 Å². The van der Waals surface area contributed by atoms with E-state index in [9.17, 15) is 14.4 Å². The average molecular weight is 250 g/mol. The fourth-order valence-electron chi connectivity index (χ4n) is 1.59. The maximum atomic E-state index is 12.0. The molecule has 0 N–H and O–H groups in total. The van der Waals surface area contributed by atoms with Crippen LogP contribution in [0, 0.1) is 5.92 Å². The van der Waals surface area contributed by atoms with E-state index in [0.29, 0.717) is 11.3 Å². The largest absolute Gasteiger partial charge is 0.497 e. The Morgan fingerprint density at radius 2 is 1.89 bits per heavy atom. The molecule has 0 aromatic heterocycles. The van der Waals surface area contributed by atoms with Crippen LogP contribution in [0.5, 0.6) is 5.75 Å². The van der Waals surface area contributed by atoms with E-state index < -0.39 is 23.6 Å². The molecule has 1 heterocycles. The molecule has 1 aromatic rings. The van der Waals surface area contributed by atoms with Gasteiger partial charge in [-0.1, -0.05) is 0 Å². The number of methoxy groups -OCH3 is 1. The first-order chi connectivity index (χ1) is 8.61. The maximum Gasteiger partial charge on any atom is 0.366 e. The third-order valence-corrected chi connectivity index (χ3v) is 2.56. The maximum absolute atomic E-state index is 12.0. The second-order valence-corrected chi connectivity index (χ2v) is 3.71. The van der Waals surface area contributed by atoms with Crippen molar-refractivity contribution in [2.24, 2.45) is 5.92 Å². The molecule has 0 aliphatic carbocycles. The van der Waals surface area contributed by atoms with Crippen LogP contribution in [0.2, 0.25) is 0 Å². The third-order valence-electron chi connectivity index (χ3n) is 2.56. The minimum atomic E-state index is -1.14. The molecule has 1 fully saturated rings. The Balaban J connectivity index is 2.18. The molecular formula is C12H10O6. The zero-order chi connectivity index (χ0) is 13.1. The second kappa shape index (κ2) is 4.87. The molecule has 0 radical (unpaired) electrons. The van der Waals surface area contributed by atoms with Crippen molar-refractivity contribution in [3.63, 3.8) is 0 Å². The van der Waals surface area contributed by atoms with Crippen molar-refractivity contribution >= 4 is 17.7 Å². The van der Waals surface area contributed by atoms with Crippen molar-refractivity contribution in [2.75, 3.05) is 7.11 Å². The molecule has 1 aromatic carbocycles. The van der Waals surface area contributed by atoms with Gasteiger partial charge < -0.3 is 4.74 Å². The van der Waals surface area contributed by atoms with Gasteiger partial charge in [0.2, 0.25) is 0 Å². The normalized spacial score (nSPS) is 18.8. The molecule has 6 nitrogen and oxygen atoms in total. The number of ether oxygens (including phenoxy) is 1. The number of rotatable bonds is 3. The summed E-state index contributed by atoms with van der Waals surface area (Å²) >= 11 is 0. The summed E-state index contributed by atoms with van der Waals surface area (Å²) in [5, 5.41) is 0. The van der Waals surface area contributed by atoms with Crippen LogP contribution in [0.25, 0.3) is 0 Å². The second-order valence-electron chi connectivity index (χ2n) is 3.71. The molecule has 1 unspecified atom stereocenters. The highest BCUT2D eigenvalue weighted by Crippen LogP contribution is 2.21. The van der Waals surface area contributed by atoms with Crippen molar-refractivity contribution in [3.8, 4) is 5.75 Å². The molecule has 0 saturated carbocycles. The first-order valence-corrected chi connectivity index (χ1v) is 5.21. The molecule has 0 amide bonds. The summed E-state index contributed by atoms with van der Waals surface area (Å²) in [6.45, 7) is 0. The zero-order valence-corrected chi connectivity index (χ0v) is 9.54. The zero-order valence-electron chi connectivity index (χ0n) is 9.54. The van der Waals surface area contributed by atoms with Crippen LogP contribution >= 0.6 is 0 Å². The van der Waals surface area contributed by atoms with E-state index in [1.165, 1.54) is 19.2 Å². The molecule has 0 spiro atoms. The number of benzene rings is 1. The van der Waals surface area contributed by atoms with Crippen molar-refractivity contribution in [1.82, 2.24) is 0 Å². The molecule has 18 heavy (non-hydrogen) atoms. The van der Waals surface area contributed by atoms with Gasteiger partial charge in [-0.3, -0.25) is 4.79 Å². The molecule has 94 valence electrons. The van der Waals surface area contributed by atoms with Gasteiger partial charge >= 0.3 is 11.9 Å². The van der Waals surface area contributed by atoms with Gasteiger partial charge in [0.15, 0.2) is 5.78 Å². The van der Waals surface area contributed by atoms with Gasteiger partial charge in [-0.05, 0) is 24.3 Å². The Bertz CT molecular complexity index is 490. The number of hydrogen-bond acceptors (Lipinski definition) is 6. The summed E-state index contributed by atoms with van der Waals surface area (Å²) in [4.78, 5) is 42.6. The van der Waals surface area contributed by atoms with Crippen LogP contribution < -0.4 is 4.74 Å². The first kappa shape index (κ1) is 12.1. The lowest BCUT2D eigenvalue weighted by Gasteiger charge is -2.17. The van der Waals surface area contributed by atoms with Crippen LogP contribution in [0.4, 0.5) is 0 Å². The minimum Gasteiger partial charge on any atom is -0.497 e. The molecule has 6 heteroatoms. The monoisotopic (exact) mass is 250 g/mol. The number of hydrogen-bond donors (Lipinski definition) is 0. The predicted octanol–water partition coefficient (Wildman–Crippen LogP) is 0.899. The highest BCUT2D eigenvalue weighted by Gasteiger charge is 2.37. The third kappa shape index (κ3) is 2.32. The van der Waals surface area contributed by atoms with E-state index in [1.807, 2.05) is 0 Å². The smallest absolute Gasteiger partial charge is 0.366 e. The summed E-state index contributed by atoms with van der Waals surface area (Å²) in [5.74, 6) is -2.60. The summed E-state index contributed by atoms with van der Waals surface area (Å²) in [5.41, 5.74) is 0.312. The van der Waals surface area contributed by atoms with Gasteiger partial charge in [-0.2, -0.15) is 0 Å². The van der Waals surface area contributed by atoms with Crippen LogP contribution in [-0.2, 0) is 19.4 Å². The van der Waals surface area contributed by atoms with Crippen LogP contribution in [0.15, 0.2) is 24.3 Å². The van der Waals surface area contributed by atoms with Crippen molar-refractivity contribution in [2.45, 2.75) is 6.42 Å². The quantitative estimate of drug-likeness (QED) is 0.450. The number of Topliss-reactive ketones (excluding diaryl/α,β-unsaturated/α-hetero) is 1. The van der Waals surface area contributed by atoms with Gasteiger partial charge in [0.05, 0.1) is 13.5 Å². The Morgan fingerprint density at radius 3 is 2.50 bits per heavy atom. The van der Waals surface area contributed by atoms with Crippen LogP contribution in [0.3, 0.4) is 0 Å². The number of ketones is 1. The van der Waals surface area contributed by atoms with E-state index in [0.717, 1.165) is 0 Å². The van der Waals surface area contributed by atoms with E-state index >= 15 is 0 Å². The standard InChI is InChI=1S/C12H10O6/c1-16-8-4-2-7(3-5-8)11(14)9-6-10(13)17-18-12(9)15/h2-5,9H,6H2,1H3. The van der Waals surface area contributed by atoms with Crippen LogP contribution in [-0.4, -0.2) is 24.8 Å². The van der Waals surface area contributed by atoms with Gasteiger partial charge in [-0.25, -0.2) is 19.4 Å². The molecule has 1 saturated heterocycles. The van der Waals surface area contributed by atoms with E-state index in [4.69, 9.17) is 4.74 Å². The SMILES string of the molecule is COc1ccc(C(=O)C2CC(=O)OOC2=O)cc1. The minimum absolute atomic E-state index is 0.302. The fraction of sp³-hybridized carbons (Fsp3) is 0.250. The van der Waals surface area contributed by atoms with Crippen molar-refractivity contribution in [1.29, 1.82) is 0 Å². The number of carbonyl (C=O) groups excluding carboxylic acids is 3. The van der Waals surface area contributed by atoms with Crippen molar-refractivity contribution < 1.29 is 28.9 Å². The molecule has 1 aliphatic heterocycles. The Morgan fingerprint density at radius 1 is 1.22 bits per heavy atom. The van der Waals surface area contributed by atoms with Gasteiger partial charge in [-0.15, -0.1) is 0 Å². The lowest BCUT2D eigenvalue weighted by Crippen LogP contribution is -2.34. The molecular weight excluding hydrogens is 240 g/mol. The Kier molecular flexibility index (Phi) is 3.27.